The summed E-state index contributed by atoms with van der Waals surface area (Å²) in [7, 11) is -3.33. The van der Waals surface area contributed by atoms with Crippen molar-refractivity contribution in [2.24, 2.45) is 0 Å². The minimum absolute atomic E-state index is 0.0965. The zero-order valence-electron chi connectivity index (χ0n) is 15.4. The molecule has 4 rings (SSSR count). The summed E-state index contributed by atoms with van der Waals surface area (Å²) in [6.07, 6.45) is 1.66. The number of amides is 2. The quantitative estimate of drug-likeness (QED) is 0.692. The van der Waals surface area contributed by atoms with Gasteiger partial charge in [0.25, 0.3) is 0 Å². The van der Waals surface area contributed by atoms with Gasteiger partial charge in [0.2, 0.25) is 0 Å². The van der Waals surface area contributed by atoms with Gasteiger partial charge in [-0.2, -0.15) is 5.10 Å². The van der Waals surface area contributed by atoms with Gasteiger partial charge < -0.3 is 15.4 Å². The molecule has 0 spiro atoms. The van der Waals surface area contributed by atoms with Crippen LogP contribution in [0.4, 0.5) is 5.82 Å². The highest BCUT2D eigenvalue weighted by Gasteiger charge is 2.34. The molecule has 2 aliphatic heterocycles. The number of anilines is 1. The van der Waals surface area contributed by atoms with E-state index >= 15 is 0 Å². The first-order valence-corrected chi connectivity index (χ1v) is 11.3. The number of rotatable bonds is 4. The van der Waals surface area contributed by atoms with Crippen LogP contribution < -0.4 is 10.6 Å². The first kappa shape index (κ1) is 19.9. The first-order chi connectivity index (χ1) is 13.8. The minimum Gasteiger partial charge on any atom is -0.376 e. The molecular formula is C18H19ClN4O5S. The van der Waals surface area contributed by atoms with Crippen LogP contribution in [0.25, 0.3) is 5.69 Å². The highest BCUT2D eigenvalue weighted by atomic mass is 35.5. The maximum atomic E-state index is 12.4. The summed E-state index contributed by atoms with van der Waals surface area (Å²) in [6, 6.07) is 6.68. The van der Waals surface area contributed by atoms with Gasteiger partial charge in [0, 0.05) is 23.7 Å². The molecule has 2 N–H and O–H groups in total. The number of nitrogens with one attached hydrogen (secondary N) is 2. The van der Waals surface area contributed by atoms with Crippen LogP contribution in [-0.2, 0) is 35.7 Å². The van der Waals surface area contributed by atoms with Gasteiger partial charge in [-0.05, 0) is 37.1 Å². The maximum absolute atomic E-state index is 12.4. The summed E-state index contributed by atoms with van der Waals surface area (Å²) in [5.41, 5.74) is 1.33. The number of benzene rings is 1. The molecule has 2 amide bonds. The summed E-state index contributed by atoms with van der Waals surface area (Å²) < 4.78 is 30.8. The molecular weight excluding hydrogens is 420 g/mol. The van der Waals surface area contributed by atoms with Crippen LogP contribution >= 0.6 is 11.6 Å². The lowest BCUT2D eigenvalue weighted by molar-refractivity contribution is -0.136. The van der Waals surface area contributed by atoms with E-state index < -0.39 is 21.7 Å². The Bertz CT molecular complexity index is 1060. The fraction of sp³-hybridized carbons (Fsp3) is 0.389. The highest BCUT2D eigenvalue weighted by molar-refractivity contribution is 7.90. The third-order valence-corrected chi connectivity index (χ3v) is 6.50. The molecule has 3 heterocycles. The predicted octanol–water partition coefficient (Wildman–Crippen LogP) is 1.19. The van der Waals surface area contributed by atoms with E-state index in [1.807, 2.05) is 0 Å². The highest BCUT2D eigenvalue weighted by Crippen LogP contribution is 2.33. The average Bonchev–Trinajstić information content (AvgIpc) is 3.36. The van der Waals surface area contributed by atoms with Gasteiger partial charge in [-0.25, -0.2) is 13.1 Å². The predicted molar refractivity (Wildman–Crippen MR) is 106 cm³/mol. The molecule has 29 heavy (non-hydrogen) atoms. The van der Waals surface area contributed by atoms with E-state index in [2.05, 4.69) is 15.7 Å². The lowest BCUT2D eigenvalue weighted by atomic mass is 10.2. The summed E-state index contributed by atoms with van der Waals surface area (Å²) in [5, 5.41) is 9.93. The third-order valence-electron chi connectivity index (χ3n) is 4.81. The van der Waals surface area contributed by atoms with E-state index in [0.29, 0.717) is 28.6 Å². The smallest absolute Gasteiger partial charge is 0.314 e. The van der Waals surface area contributed by atoms with Crippen LogP contribution in [0.2, 0.25) is 5.02 Å². The standard InChI is InChI=1S/C18H19ClN4O5S/c19-11-3-5-12(6-4-11)23-16(14-9-29(26,27)10-15(14)22-23)21-18(25)17(24)20-8-13-2-1-7-28-13/h3-6,13H,1-2,7-10H2,(H,20,24)(H,21,25)/t13-/m0/s1. The van der Waals surface area contributed by atoms with Crippen LogP contribution in [0, 0.1) is 0 Å². The summed E-state index contributed by atoms with van der Waals surface area (Å²) >= 11 is 5.92. The Morgan fingerprint density at radius 1 is 1.21 bits per heavy atom. The van der Waals surface area contributed by atoms with Crippen molar-refractivity contribution in [1.29, 1.82) is 0 Å². The van der Waals surface area contributed by atoms with E-state index in [-0.39, 0.29) is 30.0 Å². The van der Waals surface area contributed by atoms with Crippen LogP contribution in [0.15, 0.2) is 24.3 Å². The van der Waals surface area contributed by atoms with Crippen molar-refractivity contribution in [3.63, 3.8) is 0 Å². The van der Waals surface area contributed by atoms with Crippen LogP contribution in [0.3, 0.4) is 0 Å². The van der Waals surface area contributed by atoms with Gasteiger partial charge >= 0.3 is 11.8 Å². The molecule has 0 saturated carbocycles. The number of nitrogens with zero attached hydrogens (tertiary/aromatic N) is 2. The number of halogens is 1. The number of ether oxygens (including phenoxy) is 1. The summed E-state index contributed by atoms with van der Waals surface area (Å²) in [4.78, 5) is 24.6. The monoisotopic (exact) mass is 438 g/mol. The van der Waals surface area contributed by atoms with Gasteiger partial charge in [0.05, 0.1) is 29.0 Å². The van der Waals surface area contributed by atoms with E-state index in [0.717, 1.165) is 12.8 Å². The molecule has 0 unspecified atom stereocenters. The van der Waals surface area contributed by atoms with Crippen molar-refractivity contribution in [2.45, 2.75) is 30.5 Å². The third kappa shape index (κ3) is 4.29. The van der Waals surface area contributed by atoms with E-state index in [9.17, 15) is 18.0 Å². The number of hydrogen-bond donors (Lipinski definition) is 2. The van der Waals surface area contributed by atoms with Crippen molar-refractivity contribution in [1.82, 2.24) is 15.1 Å². The maximum Gasteiger partial charge on any atom is 0.314 e. The lowest BCUT2D eigenvalue weighted by Gasteiger charge is -2.13. The zero-order chi connectivity index (χ0) is 20.6. The van der Waals surface area contributed by atoms with Gasteiger partial charge in [-0.15, -0.1) is 0 Å². The van der Waals surface area contributed by atoms with Gasteiger partial charge in [-0.1, -0.05) is 11.6 Å². The Kier molecular flexibility index (Phi) is 5.32. The minimum atomic E-state index is -3.33. The van der Waals surface area contributed by atoms with E-state index in [1.165, 1.54) is 4.68 Å². The molecule has 0 aliphatic carbocycles. The molecule has 1 aromatic carbocycles. The van der Waals surface area contributed by atoms with Crippen LogP contribution in [0.5, 0.6) is 0 Å². The number of hydrogen-bond acceptors (Lipinski definition) is 6. The number of fused-ring (bicyclic) bond motifs is 1. The normalized spacial score (nSPS) is 19.7. The number of carbonyl (C=O) groups is 2. The van der Waals surface area contributed by atoms with Crippen LogP contribution in [-0.4, -0.2) is 49.3 Å². The molecule has 1 fully saturated rings. The largest absolute Gasteiger partial charge is 0.376 e. The molecule has 2 aliphatic rings. The molecule has 1 saturated heterocycles. The number of sulfone groups is 1. The fourth-order valence-corrected chi connectivity index (χ4v) is 5.02. The first-order valence-electron chi connectivity index (χ1n) is 9.10. The van der Waals surface area contributed by atoms with E-state index in [1.54, 1.807) is 24.3 Å². The molecule has 11 heteroatoms. The Balaban J connectivity index is 1.57. The van der Waals surface area contributed by atoms with Gasteiger partial charge in [0.1, 0.15) is 5.82 Å². The van der Waals surface area contributed by atoms with Crippen molar-refractivity contribution in [3.05, 3.63) is 40.5 Å². The molecule has 0 radical (unpaired) electrons. The summed E-state index contributed by atoms with van der Waals surface area (Å²) in [5.74, 6) is -2.01. The second-order valence-electron chi connectivity index (χ2n) is 6.99. The molecule has 1 atom stereocenters. The number of aromatic nitrogens is 2. The molecule has 0 bridgehead atoms. The van der Waals surface area contributed by atoms with Crippen LogP contribution in [0.1, 0.15) is 24.1 Å². The lowest BCUT2D eigenvalue weighted by Crippen LogP contribution is -2.39. The molecule has 1 aromatic heterocycles. The Morgan fingerprint density at radius 3 is 2.66 bits per heavy atom. The van der Waals surface area contributed by atoms with Crippen molar-refractivity contribution >= 4 is 39.1 Å². The average molecular weight is 439 g/mol. The summed E-state index contributed by atoms with van der Waals surface area (Å²) in [6.45, 7) is 0.892. The molecule has 9 nitrogen and oxygen atoms in total. The fourth-order valence-electron chi connectivity index (χ4n) is 3.40. The van der Waals surface area contributed by atoms with Gasteiger partial charge in [-0.3, -0.25) is 9.59 Å². The molecule has 2 aromatic rings. The van der Waals surface area contributed by atoms with Crippen molar-refractivity contribution in [3.8, 4) is 5.69 Å². The Morgan fingerprint density at radius 2 is 1.97 bits per heavy atom. The van der Waals surface area contributed by atoms with Gasteiger partial charge in [0.15, 0.2) is 9.84 Å². The topological polar surface area (TPSA) is 119 Å². The SMILES string of the molecule is O=C(NC[C@@H]1CCCO1)C(=O)Nc1c2c(nn1-c1ccc(Cl)cc1)CS(=O)(=O)C2. The Labute approximate surface area is 172 Å². The number of carbonyl (C=O) groups excluding carboxylic acids is 2. The van der Waals surface area contributed by atoms with Crippen molar-refractivity contribution < 1.29 is 22.7 Å². The van der Waals surface area contributed by atoms with Crippen molar-refractivity contribution in [2.75, 3.05) is 18.5 Å². The Hall–Kier alpha value is -2.43. The van der Waals surface area contributed by atoms with E-state index in [4.69, 9.17) is 16.3 Å². The molecule has 154 valence electrons. The second kappa shape index (κ2) is 7.77. The zero-order valence-corrected chi connectivity index (χ0v) is 16.9. The second-order valence-corrected chi connectivity index (χ2v) is 9.49.